The molecule has 0 radical (unpaired) electrons. The Morgan fingerprint density at radius 3 is 2.26 bits per heavy atom. The Labute approximate surface area is 119 Å². The summed E-state index contributed by atoms with van der Waals surface area (Å²) in [6.45, 7) is 5.17. The molecule has 3 saturated carbocycles. The molecule has 0 aromatic rings. The summed E-state index contributed by atoms with van der Waals surface area (Å²) in [5.41, 5.74) is 0. The highest BCUT2D eigenvalue weighted by molar-refractivity contribution is 4.92. The molecule has 0 aliphatic heterocycles. The first kappa shape index (κ1) is 13.9. The summed E-state index contributed by atoms with van der Waals surface area (Å²) in [5.74, 6) is 2.96. The summed E-state index contributed by atoms with van der Waals surface area (Å²) in [5, 5.41) is 3.61. The largest absolute Gasteiger partial charge is 0.317 e. The van der Waals surface area contributed by atoms with E-state index < -0.39 is 0 Å². The van der Waals surface area contributed by atoms with Crippen LogP contribution in [0.1, 0.15) is 58.3 Å². The Kier molecular flexibility index (Phi) is 4.48. The molecule has 3 atom stereocenters. The van der Waals surface area contributed by atoms with E-state index in [1.807, 2.05) is 0 Å². The van der Waals surface area contributed by atoms with Gasteiger partial charge in [-0.25, -0.2) is 0 Å². The molecule has 0 amide bonds. The minimum Gasteiger partial charge on any atom is -0.317 e. The molecule has 3 rings (SSSR count). The highest BCUT2D eigenvalue weighted by atomic mass is 15.2. The number of nitrogens with zero attached hydrogens (tertiary/aromatic N) is 1. The average molecular weight is 264 g/mol. The van der Waals surface area contributed by atoms with E-state index in [1.165, 1.54) is 64.5 Å². The molecule has 3 fully saturated rings. The molecule has 3 aliphatic carbocycles. The van der Waals surface area contributed by atoms with Gasteiger partial charge < -0.3 is 5.32 Å². The highest BCUT2D eigenvalue weighted by Crippen LogP contribution is 2.38. The van der Waals surface area contributed by atoms with Gasteiger partial charge in [0.2, 0.25) is 0 Å². The lowest BCUT2D eigenvalue weighted by molar-refractivity contribution is 0.133. The Hall–Kier alpha value is -0.0800. The molecule has 3 aliphatic rings. The topological polar surface area (TPSA) is 15.3 Å². The van der Waals surface area contributed by atoms with Crippen molar-refractivity contribution in [1.82, 2.24) is 10.2 Å². The molecular formula is C17H32N2. The van der Waals surface area contributed by atoms with Gasteiger partial charge in [0.05, 0.1) is 0 Å². The van der Waals surface area contributed by atoms with Gasteiger partial charge in [-0.2, -0.15) is 0 Å². The summed E-state index contributed by atoms with van der Waals surface area (Å²) in [6, 6.07) is 1.74. The first-order valence-corrected chi connectivity index (χ1v) is 8.71. The average Bonchev–Trinajstić information content (AvgIpc) is 3.29. The van der Waals surface area contributed by atoms with Crippen molar-refractivity contribution >= 4 is 0 Å². The summed E-state index contributed by atoms with van der Waals surface area (Å²) in [4.78, 5) is 2.87. The van der Waals surface area contributed by atoms with Crippen LogP contribution in [0.4, 0.5) is 0 Å². The molecule has 2 heteroatoms. The van der Waals surface area contributed by atoms with Gasteiger partial charge in [-0.05, 0) is 69.7 Å². The highest BCUT2D eigenvalue weighted by Gasteiger charge is 2.37. The normalized spacial score (nSPS) is 35.8. The number of nitrogens with one attached hydrogen (secondary N) is 1. The molecule has 3 unspecified atom stereocenters. The lowest BCUT2D eigenvalue weighted by Crippen LogP contribution is -2.45. The Morgan fingerprint density at radius 2 is 1.68 bits per heavy atom. The smallest absolute Gasteiger partial charge is 0.0105 e. The first-order valence-electron chi connectivity index (χ1n) is 8.71. The van der Waals surface area contributed by atoms with Gasteiger partial charge in [0.25, 0.3) is 0 Å². The zero-order valence-corrected chi connectivity index (χ0v) is 12.9. The second-order valence-electron chi connectivity index (χ2n) is 7.37. The van der Waals surface area contributed by atoms with E-state index in [9.17, 15) is 0 Å². The van der Waals surface area contributed by atoms with Gasteiger partial charge in [0.15, 0.2) is 0 Å². The third-order valence-electron chi connectivity index (χ3n) is 5.76. The number of hydrogen-bond acceptors (Lipinski definition) is 2. The Morgan fingerprint density at radius 1 is 0.947 bits per heavy atom. The molecule has 0 heterocycles. The van der Waals surface area contributed by atoms with E-state index in [0.717, 1.165) is 29.8 Å². The lowest BCUT2D eigenvalue weighted by Gasteiger charge is -2.39. The predicted octanol–water partition coefficient (Wildman–Crippen LogP) is 3.28. The minimum atomic E-state index is 0.781. The molecule has 19 heavy (non-hydrogen) atoms. The molecule has 110 valence electrons. The van der Waals surface area contributed by atoms with Gasteiger partial charge in [0, 0.05) is 25.2 Å². The first-order chi connectivity index (χ1) is 9.30. The number of hydrogen-bond donors (Lipinski definition) is 1. The molecular weight excluding hydrogens is 232 g/mol. The Balaban J connectivity index is 1.56. The molecule has 0 saturated heterocycles. The van der Waals surface area contributed by atoms with E-state index >= 15 is 0 Å². The molecule has 0 aromatic carbocycles. The standard InChI is InChI=1S/C17H32N2/c1-3-13-6-9-17(18-2)15(10-13)12-19(16-7-8-16)11-14-4-5-14/h13-18H,3-12H2,1-2H3. The monoisotopic (exact) mass is 264 g/mol. The van der Waals surface area contributed by atoms with E-state index in [2.05, 4.69) is 24.2 Å². The van der Waals surface area contributed by atoms with Crippen LogP contribution in [-0.4, -0.2) is 37.1 Å². The van der Waals surface area contributed by atoms with Gasteiger partial charge in [-0.3, -0.25) is 4.90 Å². The SMILES string of the molecule is CCC1CCC(NC)C(CN(CC2CC2)C2CC2)C1. The van der Waals surface area contributed by atoms with Crippen molar-refractivity contribution in [3.05, 3.63) is 0 Å². The molecule has 0 aromatic heterocycles. The van der Waals surface area contributed by atoms with Crippen LogP contribution in [0.2, 0.25) is 0 Å². The van der Waals surface area contributed by atoms with Crippen molar-refractivity contribution in [1.29, 1.82) is 0 Å². The van der Waals surface area contributed by atoms with Crippen molar-refractivity contribution < 1.29 is 0 Å². The van der Waals surface area contributed by atoms with Gasteiger partial charge >= 0.3 is 0 Å². The molecule has 0 bridgehead atoms. The summed E-state index contributed by atoms with van der Waals surface area (Å²) in [6.07, 6.45) is 11.7. The van der Waals surface area contributed by atoms with Crippen LogP contribution in [-0.2, 0) is 0 Å². The third kappa shape index (κ3) is 3.72. The maximum absolute atomic E-state index is 3.61. The van der Waals surface area contributed by atoms with Crippen LogP contribution in [0, 0.1) is 17.8 Å². The number of rotatable bonds is 7. The fraction of sp³-hybridized carbons (Fsp3) is 1.00. The maximum Gasteiger partial charge on any atom is 0.0105 e. The predicted molar refractivity (Wildman–Crippen MR) is 81.3 cm³/mol. The van der Waals surface area contributed by atoms with E-state index in [1.54, 1.807) is 0 Å². The second-order valence-corrected chi connectivity index (χ2v) is 7.37. The van der Waals surface area contributed by atoms with Crippen molar-refractivity contribution in [2.75, 3.05) is 20.1 Å². The van der Waals surface area contributed by atoms with Crippen LogP contribution < -0.4 is 5.32 Å². The van der Waals surface area contributed by atoms with Gasteiger partial charge in [-0.15, -0.1) is 0 Å². The van der Waals surface area contributed by atoms with Crippen LogP contribution in [0.15, 0.2) is 0 Å². The molecule has 2 nitrogen and oxygen atoms in total. The van der Waals surface area contributed by atoms with Crippen LogP contribution in [0.3, 0.4) is 0 Å². The maximum atomic E-state index is 3.61. The summed E-state index contributed by atoms with van der Waals surface area (Å²) < 4.78 is 0. The summed E-state index contributed by atoms with van der Waals surface area (Å²) >= 11 is 0. The fourth-order valence-electron chi connectivity index (χ4n) is 4.06. The molecule has 0 spiro atoms. The zero-order chi connectivity index (χ0) is 13.2. The van der Waals surface area contributed by atoms with Crippen molar-refractivity contribution in [3.8, 4) is 0 Å². The van der Waals surface area contributed by atoms with Crippen molar-refractivity contribution in [2.45, 2.75) is 70.4 Å². The van der Waals surface area contributed by atoms with Gasteiger partial charge in [0.1, 0.15) is 0 Å². The summed E-state index contributed by atoms with van der Waals surface area (Å²) in [7, 11) is 2.17. The van der Waals surface area contributed by atoms with Crippen LogP contribution in [0.25, 0.3) is 0 Å². The minimum absolute atomic E-state index is 0.781. The van der Waals surface area contributed by atoms with E-state index in [0.29, 0.717) is 0 Å². The second kappa shape index (κ2) is 6.13. The van der Waals surface area contributed by atoms with Crippen molar-refractivity contribution in [3.63, 3.8) is 0 Å². The van der Waals surface area contributed by atoms with E-state index in [4.69, 9.17) is 0 Å². The van der Waals surface area contributed by atoms with E-state index in [-0.39, 0.29) is 0 Å². The van der Waals surface area contributed by atoms with Gasteiger partial charge in [-0.1, -0.05) is 13.3 Å². The quantitative estimate of drug-likeness (QED) is 0.759. The van der Waals surface area contributed by atoms with Crippen LogP contribution in [0.5, 0.6) is 0 Å². The zero-order valence-electron chi connectivity index (χ0n) is 12.9. The third-order valence-corrected chi connectivity index (χ3v) is 5.76. The molecule has 1 N–H and O–H groups in total. The fourth-order valence-corrected chi connectivity index (χ4v) is 4.06. The Bertz CT molecular complexity index is 283. The van der Waals surface area contributed by atoms with Crippen molar-refractivity contribution in [2.24, 2.45) is 17.8 Å². The lowest BCUT2D eigenvalue weighted by atomic mass is 9.76. The van der Waals surface area contributed by atoms with Crippen LogP contribution >= 0.6 is 0 Å².